The molecule has 0 unspecified atom stereocenters. The third-order valence-corrected chi connectivity index (χ3v) is 6.64. The highest BCUT2D eigenvalue weighted by Crippen LogP contribution is 2.31. The maximum atomic E-state index is 13.2. The molecule has 2 N–H and O–H groups in total. The Balaban J connectivity index is 1.59. The second-order valence-corrected chi connectivity index (χ2v) is 8.90. The number of methoxy groups -OCH3 is 1. The minimum Gasteiger partial charge on any atom is -0.496 e. The second-order valence-electron chi connectivity index (χ2n) is 8.90. The van der Waals surface area contributed by atoms with E-state index in [1.165, 1.54) is 0 Å². The van der Waals surface area contributed by atoms with Crippen LogP contribution in [0.1, 0.15) is 58.3 Å². The van der Waals surface area contributed by atoms with Gasteiger partial charge < -0.3 is 15.2 Å². The number of nitrogens with zero attached hydrogens (tertiary/aromatic N) is 3. The molecule has 7 nitrogen and oxygen atoms in total. The highest BCUT2D eigenvalue weighted by molar-refractivity contribution is 5.98. The zero-order valence-corrected chi connectivity index (χ0v) is 19.8. The van der Waals surface area contributed by atoms with Crippen molar-refractivity contribution in [1.82, 2.24) is 20.1 Å². The SMILES string of the molecule is COc1c(C(=O)N[C@H]2CCCC[C@@H]2O)cc(Cc2ccc(-c3ccn(C)n3)nc2)c(C)c1C. The number of aliphatic hydroxyl groups excluding tert-OH is 1. The number of aromatic nitrogens is 3. The first kappa shape index (κ1) is 23.0. The van der Waals surface area contributed by atoms with Crippen molar-refractivity contribution in [3.8, 4) is 17.1 Å². The summed E-state index contributed by atoms with van der Waals surface area (Å²) in [6.45, 7) is 4.03. The topological polar surface area (TPSA) is 89.3 Å². The molecule has 33 heavy (non-hydrogen) atoms. The molecule has 2 heterocycles. The predicted molar refractivity (Wildman–Crippen MR) is 127 cm³/mol. The van der Waals surface area contributed by atoms with Crippen molar-refractivity contribution in [2.75, 3.05) is 7.11 Å². The van der Waals surface area contributed by atoms with Gasteiger partial charge in [0, 0.05) is 19.4 Å². The summed E-state index contributed by atoms with van der Waals surface area (Å²) in [6, 6.07) is 7.66. The molecule has 1 aromatic carbocycles. The first-order chi connectivity index (χ1) is 15.9. The fourth-order valence-corrected chi connectivity index (χ4v) is 4.55. The van der Waals surface area contributed by atoms with Gasteiger partial charge in [-0.2, -0.15) is 5.10 Å². The van der Waals surface area contributed by atoms with Gasteiger partial charge in [-0.3, -0.25) is 14.5 Å². The summed E-state index contributed by atoms with van der Waals surface area (Å²) < 4.78 is 7.38. The van der Waals surface area contributed by atoms with Gasteiger partial charge in [-0.25, -0.2) is 0 Å². The van der Waals surface area contributed by atoms with Gasteiger partial charge in [-0.1, -0.05) is 18.9 Å². The van der Waals surface area contributed by atoms with E-state index in [0.29, 0.717) is 17.7 Å². The molecular weight excluding hydrogens is 416 g/mol. The highest BCUT2D eigenvalue weighted by atomic mass is 16.5. The Morgan fingerprint density at radius 3 is 2.61 bits per heavy atom. The maximum absolute atomic E-state index is 13.2. The Morgan fingerprint density at radius 1 is 1.18 bits per heavy atom. The van der Waals surface area contributed by atoms with Gasteiger partial charge in [0.2, 0.25) is 0 Å². The number of carbonyl (C=O) groups is 1. The number of carbonyl (C=O) groups excluding carboxylic acids is 1. The van der Waals surface area contributed by atoms with E-state index < -0.39 is 6.10 Å². The average molecular weight is 449 g/mol. The van der Waals surface area contributed by atoms with E-state index in [-0.39, 0.29) is 11.9 Å². The van der Waals surface area contributed by atoms with Gasteiger partial charge in [0.15, 0.2) is 0 Å². The van der Waals surface area contributed by atoms with Crippen LogP contribution in [0.4, 0.5) is 0 Å². The van der Waals surface area contributed by atoms with Crippen molar-refractivity contribution < 1.29 is 14.6 Å². The van der Waals surface area contributed by atoms with Gasteiger partial charge in [0.25, 0.3) is 5.91 Å². The summed E-state index contributed by atoms with van der Waals surface area (Å²) in [6.07, 6.45) is 7.44. The summed E-state index contributed by atoms with van der Waals surface area (Å²) in [4.78, 5) is 17.8. The number of amides is 1. The van der Waals surface area contributed by atoms with Gasteiger partial charge in [-0.15, -0.1) is 0 Å². The molecule has 0 radical (unpaired) electrons. The fourth-order valence-electron chi connectivity index (χ4n) is 4.55. The van der Waals surface area contributed by atoms with E-state index in [0.717, 1.165) is 59.3 Å². The summed E-state index contributed by atoms with van der Waals surface area (Å²) in [5.74, 6) is 0.383. The third kappa shape index (κ3) is 4.93. The highest BCUT2D eigenvalue weighted by Gasteiger charge is 2.27. The fraction of sp³-hybridized carbons (Fsp3) is 0.423. The van der Waals surface area contributed by atoms with Gasteiger partial charge in [0.1, 0.15) is 11.4 Å². The summed E-state index contributed by atoms with van der Waals surface area (Å²) >= 11 is 0. The molecule has 174 valence electrons. The van der Waals surface area contributed by atoms with E-state index in [2.05, 4.69) is 22.3 Å². The molecule has 2 aromatic heterocycles. The number of aryl methyl sites for hydroxylation is 1. The number of hydrogen-bond acceptors (Lipinski definition) is 5. The number of ether oxygens (including phenoxy) is 1. The molecule has 1 aliphatic carbocycles. The van der Waals surface area contributed by atoms with Crippen LogP contribution in [0.15, 0.2) is 36.7 Å². The Bertz CT molecular complexity index is 1140. The van der Waals surface area contributed by atoms with Crippen LogP contribution in [0.2, 0.25) is 0 Å². The van der Waals surface area contributed by atoms with Gasteiger partial charge in [-0.05, 0) is 73.6 Å². The van der Waals surface area contributed by atoms with Crippen molar-refractivity contribution in [1.29, 1.82) is 0 Å². The molecule has 1 fully saturated rings. The number of aliphatic hydroxyl groups is 1. The molecule has 1 saturated carbocycles. The van der Waals surface area contributed by atoms with Crippen LogP contribution < -0.4 is 10.1 Å². The van der Waals surface area contributed by atoms with Crippen LogP contribution in [-0.4, -0.2) is 45.0 Å². The molecule has 0 spiro atoms. The van der Waals surface area contributed by atoms with Gasteiger partial charge in [0.05, 0.1) is 30.5 Å². The quantitative estimate of drug-likeness (QED) is 0.600. The molecule has 0 aliphatic heterocycles. The minimum absolute atomic E-state index is 0.203. The van der Waals surface area contributed by atoms with Crippen molar-refractivity contribution in [3.05, 3.63) is 64.5 Å². The molecule has 0 saturated heterocycles. The smallest absolute Gasteiger partial charge is 0.255 e. The number of nitrogens with one attached hydrogen (secondary N) is 1. The lowest BCUT2D eigenvalue weighted by Crippen LogP contribution is -2.45. The number of hydrogen-bond donors (Lipinski definition) is 2. The Kier molecular flexibility index (Phi) is 6.79. The second kappa shape index (κ2) is 9.75. The van der Waals surface area contributed by atoms with Crippen molar-refractivity contribution in [2.24, 2.45) is 7.05 Å². The zero-order valence-electron chi connectivity index (χ0n) is 19.8. The molecule has 0 bridgehead atoms. The lowest BCUT2D eigenvalue weighted by atomic mass is 9.91. The van der Waals surface area contributed by atoms with E-state index in [4.69, 9.17) is 4.74 Å². The predicted octanol–water partition coefficient (Wildman–Crippen LogP) is 3.73. The lowest BCUT2D eigenvalue weighted by molar-refractivity contribution is 0.0715. The largest absolute Gasteiger partial charge is 0.496 e. The summed E-state index contributed by atoms with van der Waals surface area (Å²) in [5.41, 5.74) is 6.31. The van der Waals surface area contributed by atoms with E-state index in [9.17, 15) is 9.90 Å². The molecule has 2 atom stereocenters. The van der Waals surface area contributed by atoms with E-state index in [1.54, 1.807) is 11.8 Å². The first-order valence-corrected chi connectivity index (χ1v) is 11.5. The Morgan fingerprint density at radius 2 is 1.97 bits per heavy atom. The van der Waals surface area contributed by atoms with Crippen molar-refractivity contribution in [2.45, 2.75) is 58.1 Å². The molecule has 3 aromatic rings. The summed E-state index contributed by atoms with van der Waals surface area (Å²) in [7, 11) is 3.48. The van der Waals surface area contributed by atoms with Crippen molar-refractivity contribution in [3.63, 3.8) is 0 Å². The van der Waals surface area contributed by atoms with Crippen LogP contribution in [0.5, 0.6) is 5.75 Å². The van der Waals surface area contributed by atoms with E-state index in [1.807, 2.05) is 50.6 Å². The van der Waals surface area contributed by atoms with Crippen LogP contribution >= 0.6 is 0 Å². The van der Waals surface area contributed by atoms with Crippen LogP contribution in [0.3, 0.4) is 0 Å². The standard InChI is InChI=1S/C26H32N4O3/c1-16-17(2)25(33-4)20(26(32)28-23-7-5-6-8-24(23)31)14-19(16)13-18-9-10-21(27-15-18)22-11-12-30(3)29-22/h9-12,14-15,23-24,31H,5-8,13H2,1-4H3,(H,28,32)/t23-,24-/m0/s1. The average Bonchev–Trinajstić information content (AvgIpc) is 3.25. The normalized spacial score (nSPS) is 18.2. The Labute approximate surface area is 194 Å². The molecule has 7 heteroatoms. The lowest BCUT2D eigenvalue weighted by Gasteiger charge is -2.29. The van der Waals surface area contributed by atoms with Crippen molar-refractivity contribution >= 4 is 5.91 Å². The molecular formula is C26H32N4O3. The van der Waals surface area contributed by atoms with Crippen LogP contribution in [-0.2, 0) is 13.5 Å². The molecule has 4 rings (SSSR count). The monoisotopic (exact) mass is 448 g/mol. The minimum atomic E-state index is -0.497. The van der Waals surface area contributed by atoms with Crippen LogP contribution in [0, 0.1) is 13.8 Å². The van der Waals surface area contributed by atoms with Gasteiger partial charge >= 0.3 is 0 Å². The Hall–Kier alpha value is -3.19. The number of rotatable bonds is 6. The third-order valence-electron chi connectivity index (χ3n) is 6.64. The van der Waals surface area contributed by atoms with Crippen LogP contribution in [0.25, 0.3) is 11.4 Å². The summed E-state index contributed by atoms with van der Waals surface area (Å²) in [5, 5.41) is 17.7. The number of pyridine rings is 1. The first-order valence-electron chi connectivity index (χ1n) is 11.5. The maximum Gasteiger partial charge on any atom is 0.255 e. The molecule has 1 aliphatic rings. The molecule has 1 amide bonds. The van der Waals surface area contributed by atoms with E-state index >= 15 is 0 Å². The number of benzene rings is 1. The zero-order chi connectivity index (χ0) is 23.5.